The fourth-order valence-corrected chi connectivity index (χ4v) is 5.76. The Kier molecular flexibility index (Phi) is 3.58. The molecule has 0 amide bonds. The van der Waals surface area contributed by atoms with E-state index in [-0.39, 0.29) is 0 Å². The van der Waals surface area contributed by atoms with Crippen molar-refractivity contribution >= 4 is 26.8 Å². The molecule has 1 saturated carbocycles. The van der Waals surface area contributed by atoms with Crippen LogP contribution in [0.3, 0.4) is 0 Å². The number of nitrogens with one attached hydrogen (secondary N) is 1. The van der Waals surface area contributed by atoms with Crippen molar-refractivity contribution < 1.29 is 8.42 Å². The smallest absolute Gasteiger partial charge is 0.157 e. The third kappa shape index (κ3) is 2.85. The zero-order chi connectivity index (χ0) is 12.6. The van der Waals surface area contributed by atoms with Crippen LogP contribution in [0.5, 0.6) is 0 Å². The van der Waals surface area contributed by atoms with E-state index < -0.39 is 9.84 Å². The van der Waals surface area contributed by atoms with Crippen molar-refractivity contribution in [3.63, 3.8) is 0 Å². The summed E-state index contributed by atoms with van der Waals surface area (Å²) in [5.41, 5.74) is 0. The molecule has 0 spiro atoms. The lowest BCUT2D eigenvalue weighted by molar-refractivity contribution is 0.509. The first-order valence-corrected chi connectivity index (χ1v) is 9.61. The number of hydrogen-bond acceptors (Lipinski definition) is 5. The molecule has 3 rings (SSSR count). The van der Waals surface area contributed by atoms with Gasteiger partial charge in [-0.15, -0.1) is 0 Å². The highest BCUT2D eigenvalue weighted by atomic mass is 32.2. The molecular weight excluding hydrogens is 268 g/mol. The lowest BCUT2D eigenvalue weighted by atomic mass is 10.1. The summed E-state index contributed by atoms with van der Waals surface area (Å²) in [6.07, 6.45) is 5.34. The van der Waals surface area contributed by atoms with Crippen LogP contribution >= 0.6 is 11.8 Å². The van der Waals surface area contributed by atoms with Gasteiger partial charge in [0.05, 0.1) is 17.5 Å². The minimum atomic E-state index is -2.76. The van der Waals surface area contributed by atoms with Crippen LogP contribution in [0.1, 0.15) is 32.1 Å². The lowest BCUT2D eigenvalue weighted by Gasteiger charge is -2.28. The third-order valence-electron chi connectivity index (χ3n) is 4.22. The zero-order valence-electron chi connectivity index (χ0n) is 10.5. The fraction of sp³-hybridized carbons (Fsp3) is 0.917. The summed E-state index contributed by atoms with van der Waals surface area (Å²) in [5, 5.41) is 4.51. The average Bonchev–Trinajstić information content (AvgIpc) is 2.79. The Balaban J connectivity index is 1.57. The summed E-state index contributed by atoms with van der Waals surface area (Å²) in [6.45, 7) is 0. The standard InChI is InChI=1S/C12H20N2O2S2/c15-18(16)6-4-10(5-7-18)13-12-14-11-3-1-2-9(11)8-17-12/h9-11H,1-8H2,(H,13,14). The molecule has 0 aromatic carbocycles. The molecule has 0 radical (unpaired) electrons. The van der Waals surface area contributed by atoms with Gasteiger partial charge < -0.3 is 5.32 Å². The molecule has 2 fully saturated rings. The molecule has 3 aliphatic rings. The Labute approximate surface area is 113 Å². The minimum absolute atomic E-state index is 0.303. The van der Waals surface area contributed by atoms with Gasteiger partial charge in [-0.1, -0.05) is 18.2 Å². The topological polar surface area (TPSA) is 58.5 Å². The molecule has 2 aliphatic heterocycles. The van der Waals surface area contributed by atoms with E-state index in [9.17, 15) is 8.42 Å². The highest BCUT2D eigenvalue weighted by Gasteiger charge is 2.32. The maximum Gasteiger partial charge on any atom is 0.157 e. The summed E-state index contributed by atoms with van der Waals surface area (Å²) in [6, 6.07) is 0.832. The van der Waals surface area contributed by atoms with Crippen molar-refractivity contribution in [1.29, 1.82) is 0 Å². The summed E-state index contributed by atoms with van der Waals surface area (Å²) < 4.78 is 22.7. The van der Waals surface area contributed by atoms with Crippen molar-refractivity contribution in [3.8, 4) is 0 Å². The van der Waals surface area contributed by atoms with E-state index in [0.29, 0.717) is 23.6 Å². The van der Waals surface area contributed by atoms with E-state index in [2.05, 4.69) is 5.32 Å². The van der Waals surface area contributed by atoms with Gasteiger partial charge in [0.15, 0.2) is 5.17 Å². The second-order valence-corrected chi connectivity index (χ2v) is 8.89. The quantitative estimate of drug-likeness (QED) is 0.793. The Morgan fingerprint density at radius 2 is 1.94 bits per heavy atom. The van der Waals surface area contributed by atoms with Crippen LogP contribution in [0.4, 0.5) is 0 Å². The van der Waals surface area contributed by atoms with Crippen molar-refractivity contribution in [2.75, 3.05) is 17.3 Å². The molecule has 1 N–H and O–H groups in total. The van der Waals surface area contributed by atoms with Gasteiger partial charge in [0.25, 0.3) is 0 Å². The molecule has 2 atom stereocenters. The second-order valence-electron chi connectivity index (χ2n) is 5.57. The van der Waals surface area contributed by atoms with E-state index >= 15 is 0 Å². The van der Waals surface area contributed by atoms with Gasteiger partial charge in [-0.25, -0.2) is 8.42 Å². The normalized spacial score (nSPS) is 35.9. The largest absolute Gasteiger partial charge is 0.362 e. The lowest BCUT2D eigenvalue weighted by Crippen LogP contribution is -2.41. The highest BCUT2D eigenvalue weighted by Crippen LogP contribution is 2.35. The summed E-state index contributed by atoms with van der Waals surface area (Å²) in [7, 11) is -2.76. The van der Waals surface area contributed by atoms with Crippen LogP contribution in [-0.2, 0) is 9.84 Å². The van der Waals surface area contributed by atoms with Crippen molar-refractivity contribution in [2.45, 2.75) is 44.2 Å². The van der Waals surface area contributed by atoms with Crippen LogP contribution in [-0.4, -0.2) is 42.9 Å². The Bertz CT molecular complexity index is 433. The van der Waals surface area contributed by atoms with Gasteiger partial charge in [-0.05, 0) is 31.6 Å². The number of rotatable bonds is 1. The maximum atomic E-state index is 11.4. The predicted octanol–water partition coefficient (Wildman–Crippen LogP) is 1.42. The Morgan fingerprint density at radius 3 is 2.72 bits per heavy atom. The van der Waals surface area contributed by atoms with Crippen molar-refractivity contribution in [3.05, 3.63) is 0 Å². The molecular formula is C12H20N2O2S2. The first kappa shape index (κ1) is 12.8. The molecule has 0 bridgehead atoms. The SMILES string of the molecule is O=S1(=O)CCC(NC2=NC3CCCC3CS2)CC1. The first-order valence-electron chi connectivity index (χ1n) is 6.80. The Hall–Kier alpha value is -0.230. The molecule has 0 aromatic heterocycles. The second kappa shape index (κ2) is 5.04. The number of amidine groups is 1. The van der Waals surface area contributed by atoms with E-state index in [1.54, 1.807) is 0 Å². The Morgan fingerprint density at radius 1 is 1.17 bits per heavy atom. The van der Waals surface area contributed by atoms with Gasteiger partial charge in [0.1, 0.15) is 9.84 Å². The number of nitrogens with zero attached hydrogens (tertiary/aromatic N) is 1. The molecule has 1 saturated heterocycles. The predicted molar refractivity (Wildman–Crippen MR) is 75.8 cm³/mol. The number of aliphatic imine (C=N–C) groups is 1. The van der Waals surface area contributed by atoms with E-state index in [0.717, 1.165) is 23.9 Å². The van der Waals surface area contributed by atoms with Gasteiger partial charge in [-0.3, -0.25) is 4.99 Å². The van der Waals surface area contributed by atoms with Crippen LogP contribution in [0.2, 0.25) is 0 Å². The van der Waals surface area contributed by atoms with Gasteiger partial charge in [0.2, 0.25) is 0 Å². The molecule has 4 nitrogen and oxygen atoms in total. The van der Waals surface area contributed by atoms with E-state index in [4.69, 9.17) is 4.99 Å². The summed E-state index contributed by atoms with van der Waals surface area (Å²) >= 11 is 1.82. The minimum Gasteiger partial charge on any atom is -0.362 e. The van der Waals surface area contributed by atoms with Crippen LogP contribution in [0, 0.1) is 5.92 Å². The van der Waals surface area contributed by atoms with Crippen LogP contribution in [0.15, 0.2) is 4.99 Å². The molecule has 0 aromatic rings. The third-order valence-corrected chi connectivity index (χ3v) is 7.03. The molecule has 2 unspecified atom stereocenters. The average molecular weight is 288 g/mol. The highest BCUT2D eigenvalue weighted by molar-refractivity contribution is 8.13. The van der Waals surface area contributed by atoms with E-state index in [1.165, 1.54) is 25.0 Å². The van der Waals surface area contributed by atoms with Gasteiger partial charge >= 0.3 is 0 Å². The van der Waals surface area contributed by atoms with Crippen molar-refractivity contribution in [1.82, 2.24) is 5.32 Å². The maximum absolute atomic E-state index is 11.4. The molecule has 6 heteroatoms. The zero-order valence-corrected chi connectivity index (χ0v) is 12.1. The fourth-order valence-electron chi connectivity index (χ4n) is 3.04. The van der Waals surface area contributed by atoms with Gasteiger partial charge in [-0.2, -0.15) is 0 Å². The molecule has 102 valence electrons. The number of fused-ring (bicyclic) bond motifs is 1. The number of hydrogen-bond donors (Lipinski definition) is 1. The molecule has 2 heterocycles. The number of sulfone groups is 1. The number of thioether (sulfide) groups is 1. The van der Waals surface area contributed by atoms with Crippen molar-refractivity contribution in [2.24, 2.45) is 10.9 Å². The monoisotopic (exact) mass is 288 g/mol. The first-order chi connectivity index (χ1) is 8.62. The van der Waals surface area contributed by atoms with Crippen LogP contribution < -0.4 is 5.32 Å². The van der Waals surface area contributed by atoms with Crippen LogP contribution in [0.25, 0.3) is 0 Å². The van der Waals surface area contributed by atoms with E-state index in [1.807, 2.05) is 11.8 Å². The van der Waals surface area contributed by atoms with Gasteiger partial charge in [0, 0.05) is 11.8 Å². The summed E-state index contributed by atoms with van der Waals surface area (Å²) in [5.74, 6) is 2.62. The molecule has 1 aliphatic carbocycles. The summed E-state index contributed by atoms with van der Waals surface area (Å²) in [4.78, 5) is 4.79. The molecule has 18 heavy (non-hydrogen) atoms.